The number of ether oxygens (including phenoxy) is 1. The minimum atomic E-state index is -0.313. The third-order valence-corrected chi connectivity index (χ3v) is 2.55. The van der Waals surface area contributed by atoms with Crippen molar-refractivity contribution >= 4 is 17.8 Å². The summed E-state index contributed by atoms with van der Waals surface area (Å²) in [6, 6.07) is -0.190. The van der Waals surface area contributed by atoms with Crippen LogP contribution >= 0.6 is 0 Å². The van der Waals surface area contributed by atoms with Gasteiger partial charge in [-0.25, -0.2) is 0 Å². The molecule has 2 rings (SSSR count). The molecule has 8 heteroatoms. The maximum Gasteiger partial charge on any atom is 0.322 e. The molecule has 17 heavy (non-hydrogen) atoms. The topological polar surface area (TPSA) is 106 Å². The highest BCUT2D eigenvalue weighted by Gasteiger charge is 2.29. The molecule has 0 radical (unpaired) electrons. The molecule has 0 aliphatic carbocycles. The number of nitrogens with one attached hydrogen (secondary N) is 1. The van der Waals surface area contributed by atoms with Crippen LogP contribution in [0.15, 0.2) is 0 Å². The lowest BCUT2D eigenvalue weighted by molar-refractivity contribution is -0.127. The number of aromatic nitrogens is 3. The average molecular weight is 238 g/mol. The van der Waals surface area contributed by atoms with Crippen molar-refractivity contribution in [1.82, 2.24) is 19.9 Å². The summed E-state index contributed by atoms with van der Waals surface area (Å²) in [5.41, 5.74) is 5.49. The van der Waals surface area contributed by atoms with E-state index in [1.165, 1.54) is 7.11 Å². The van der Waals surface area contributed by atoms with Crippen LogP contribution in [0.5, 0.6) is 6.01 Å². The normalized spacial score (nSPS) is 19.5. The second-order valence-electron chi connectivity index (χ2n) is 3.75. The summed E-state index contributed by atoms with van der Waals surface area (Å²) in [5.74, 6) is 0.323. The molecule has 1 aliphatic heterocycles. The van der Waals surface area contributed by atoms with E-state index >= 15 is 0 Å². The van der Waals surface area contributed by atoms with E-state index in [9.17, 15) is 4.79 Å². The molecule has 1 saturated heterocycles. The van der Waals surface area contributed by atoms with Crippen LogP contribution in [0.3, 0.4) is 0 Å². The monoisotopic (exact) mass is 238 g/mol. The van der Waals surface area contributed by atoms with Gasteiger partial charge in [0.25, 0.3) is 0 Å². The quantitative estimate of drug-likeness (QED) is 0.703. The molecule has 1 aromatic heterocycles. The number of nitrogens with zero attached hydrogens (tertiary/aromatic N) is 4. The predicted octanol–water partition coefficient (Wildman–Crippen LogP) is -0.895. The molecule has 0 aromatic carbocycles. The lowest BCUT2D eigenvalue weighted by atomic mass is 10.2. The number of hydrogen-bond donors (Lipinski definition) is 2. The van der Waals surface area contributed by atoms with Gasteiger partial charge < -0.3 is 20.7 Å². The highest BCUT2D eigenvalue weighted by atomic mass is 16.5. The Labute approximate surface area is 98.2 Å². The second-order valence-corrected chi connectivity index (χ2v) is 3.75. The third kappa shape index (κ3) is 2.35. The van der Waals surface area contributed by atoms with Gasteiger partial charge in [0.05, 0.1) is 7.11 Å². The van der Waals surface area contributed by atoms with E-state index in [1.807, 2.05) is 0 Å². The van der Waals surface area contributed by atoms with Crippen LogP contribution in [0.1, 0.15) is 6.42 Å². The summed E-state index contributed by atoms with van der Waals surface area (Å²) in [6.07, 6.45) is 0.712. The van der Waals surface area contributed by atoms with Crippen LogP contribution in [-0.4, -0.2) is 52.5 Å². The minimum Gasteiger partial charge on any atom is -0.467 e. The fourth-order valence-electron chi connectivity index (χ4n) is 1.64. The smallest absolute Gasteiger partial charge is 0.322 e. The van der Waals surface area contributed by atoms with Gasteiger partial charge in [-0.2, -0.15) is 15.0 Å². The Bertz CT molecular complexity index is 437. The highest BCUT2D eigenvalue weighted by molar-refractivity contribution is 5.86. The van der Waals surface area contributed by atoms with Gasteiger partial charge in [-0.3, -0.25) is 4.79 Å². The van der Waals surface area contributed by atoms with Crippen LogP contribution in [0.25, 0.3) is 0 Å². The van der Waals surface area contributed by atoms with Crippen molar-refractivity contribution in [2.45, 2.75) is 12.5 Å². The number of methoxy groups -OCH3 is 1. The third-order valence-electron chi connectivity index (χ3n) is 2.55. The van der Waals surface area contributed by atoms with Gasteiger partial charge in [-0.05, 0) is 6.42 Å². The molecule has 92 valence electrons. The summed E-state index contributed by atoms with van der Waals surface area (Å²) in [5, 5.41) is 2.92. The van der Waals surface area contributed by atoms with Crippen molar-refractivity contribution in [3.63, 3.8) is 0 Å². The summed E-state index contributed by atoms with van der Waals surface area (Å²) in [4.78, 5) is 25.0. The van der Waals surface area contributed by atoms with Gasteiger partial charge >= 0.3 is 6.01 Å². The number of carbonyl (C=O) groups excluding carboxylic acids is 1. The molecule has 0 bridgehead atoms. The van der Waals surface area contributed by atoms with Gasteiger partial charge in [0, 0.05) is 13.6 Å². The maximum atomic E-state index is 11.7. The highest BCUT2D eigenvalue weighted by Crippen LogP contribution is 2.15. The number of amides is 1. The number of hydrogen-bond acceptors (Lipinski definition) is 7. The molecule has 1 atom stereocenters. The molecule has 1 fully saturated rings. The van der Waals surface area contributed by atoms with E-state index < -0.39 is 0 Å². The van der Waals surface area contributed by atoms with Gasteiger partial charge in [0.2, 0.25) is 17.8 Å². The van der Waals surface area contributed by atoms with E-state index in [-0.39, 0.29) is 29.9 Å². The molecular weight excluding hydrogens is 224 g/mol. The number of nitrogens with two attached hydrogens (primary N) is 1. The van der Waals surface area contributed by atoms with E-state index in [0.717, 1.165) is 0 Å². The molecule has 1 unspecified atom stereocenters. The first-order valence-electron chi connectivity index (χ1n) is 5.17. The maximum absolute atomic E-state index is 11.7. The summed E-state index contributed by atoms with van der Waals surface area (Å²) in [7, 11) is 3.19. The molecule has 0 spiro atoms. The van der Waals surface area contributed by atoms with Gasteiger partial charge in [-0.15, -0.1) is 0 Å². The SMILES string of the molecule is COc1nc(N)nc(NC2CCN(C)C2=O)n1. The van der Waals surface area contributed by atoms with Crippen molar-refractivity contribution in [2.75, 3.05) is 31.8 Å². The lowest BCUT2D eigenvalue weighted by Crippen LogP contribution is -2.31. The van der Waals surface area contributed by atoms with Crippen molar-refractivity contribution in [3.8, 4) is 6.01 Å². The Hall–Kier alpha value is -2.12. The second kappa shape index (κ2) is 4.40. The van der Waals surface area contributed by atoms with Crippen molar-refractivity contribution in [2.24, 2.45) is 0 Å². The zero-order chi connectivity index (χ0) is 12.4. The zero-order valence-corrected chi connectivity index (χ0v) is 9.67. The molecular formula is C9H14N6O2. The predicted molar refractivity (Wildman–Crippen MR) is 60.5 cm³/mol. The molecule has 1 aliphatic rings. The fourth-order valence-corrected chi connectivity index (χ4v) is 1.64. The Morgan fingerprint density at radius 3 is 2.82 bits per heavy atom. The first-order valence-corrected chi connectivity index (χ1v) is 5.17. The number of nitrogen functional groups attached to an aromatic ring is 1. The first kappa shape index (κ1) is 11.4. The molecule has 2 heterocycles. The Morgan fingerprint density at radius 1 is 1.47 bits per heavy atom. The first-order chi connectivity index (χ1) is 8.10. The van der Waals surface area contributed by atoms with Crippen LogP contribution in [0.4, 0.5) is 11.9 Å². The van der Waals surface area contributed by atoms with Crippen LogP contribution < -0.4 is 15.8 Å². The number of likely N-dealkylation sites (tertiary alicyclic amines) is 1. The standard InChI is InChI=1S/C9H14N6O2/c1-15-4-3-5(6(15)16)11-8-12-7(10)13-9(14-8)17-2/h5H,3-4H2,1-2H3,(H3,10,11,12,13,14). The largest absolute Gasteiger partial charge is 0.467 e. The van der Waals surface area contributed by atoms with Crippen molar-refractivity contribution in [3.05, 3.63) is 0 Å². The van der Waals surface area contributed by atoms with E-state index in [2.05, 4.69) is 20.3 Å². The Kier molecular flexibility index (Phi) is 2.94. The molecule has 8 nitrogen and oxygen atoms in total. The van der Waals surface area contributed by atoms with E-state index in [0.29, 0.717) is 13.0 Å². The summed E-state index contributed by atoms with van der Waals surface area (Å²) in [6.45, 7) is 0.716. The summed E-state index contributed by atoms with van der Waals surface area (Å²) >= 11 is 0. The van der Waals surface area contributed by atoms with Crippen molar-refractivity contribution < 1.29 is 9.53 Å². The molecule has 1 amide bonds. The van der Waals surface area contributed by atoms with Crippen LogP contribution in [0.2, 0.25) is 0 Å². The fraction of sp³-hybridized carbons (Fsp3) is 0.556. The number of rotatable bonds is 3. The van der Waals surface area contributed by atoms with Gasteiger partial charge in [-0.1, -0.05) is 0 Å². The summed E-state index contributed by atoms with van der Waals surface area (Å²) < 4.78 is 4.87. The average Bonchev–Trinajstić information content (AvgIpc) is 2.60. The van der Waals surface area contributed by atoms with Crippen LogP contribution in [-0.2, 0) is 4.79 Å². The van der Waals surface area contributed by atoms with E-state index in [1.54, 1.807) is 11.9 Å². The number of likely N-dealkylation sites (N-methyl/N-ethyl adjacent to an activating group) is 1. The van der Waals surface area contributed by atoms with E-state index in [4.69, 9.17) is 10.5 Å². The lowest BCUT2D eigenvalue weighted by Gasteiger charge is -2.12. The minimum absolute atomic E-state index is 0.0166. The Morgan fingerprint density at radius 2 is 2.24 bits per heavy atom. The number of anilines is 2. The molecule has 3 N–H and O–H groups in total. The zero-order valence-electron chi connectivity index (χ0n) is 9.67. The van der Waals surface area contributed by atoms with Crippen LogP contribution in [0, 0.1) is 0 Å². The molecule has 1 aromatic rings. The van der Waals surface area contributed by atoms with Gasteiger partial charge in [0.1, 0.15) is 6.04 Å². The van der Waals surface area contributed by atoms with Gasteiger partial charge in [0.15, 0.2) is 0 Å². The number of carbonyl (C=O) groups is 1. The molecule has 0 saturated carbocycles. The van der Waals surface area contributed by atoms with Crippen molar-refractivity contribution in [1.29, 1.82) is 0 Å². The Balaban J connectivity index is 2.13.